The topological polar surface area (TPSA) is 198 Å². The van der Waals surface area contributed by atoms with Crippen LogP contribution in [0.2, 0.25) is 0 Å². The van der Waals surface area contributed by atoms with E-state index in [0.29, 0.717) is 31.4 Å². The maximum Gasteiger partial charge on any atom is 0.405 e. The molecular formula is C36H53ClN4O9. The fourth-order valence-corrected chi connectivity index (χ4v) is 5.75. The molecule has 13 nitrogen and oxygen atoms in total. The number of ether oxygens (including phenoxy) is 4. The number of esters is 1. The zero-order valence-corrected chi connectivity index (χ0v) is 30.6. The van der Waals surface area contributed by atoms with Crippen molar-refractivity contribution in [2.24, 2.45) is 23.3 Å². The maximum absolute atomic E-state index is 13.8. The minimum atomic E-state index is -1.02. The average molecular weight is 721 g/mol. The van der Waals surface area contributed by atoms with Crippen molar-refractivity contribution in [3.05, 3.63) is 71.1 Å². The first-order chi connectivity index (χ1) is 23.3. The van der Waals surface area contributed by atoms with Crippen molar-refractivity contribution in [2.75, 3.05) is 27.3 Å². The number of ketones is 2. The van der Waals surface area contributed by atoms with E-state index >= 15 is 0 Å². The Kier molecular flexibility index (Phi) is 19.3. The number of Topliss-reactive ketones (excluding diaryl/α,β-unsaturated/α-hetero) is 1. The lowest BCUT2D eigenvalue weighted by Crippen LogP contribution is -2.40. The van der Waals surface area contributed by atoms with Crippen molar-refractivity contribution in [1.29, 1.82) is 0 Å². The summed E-state index contributed by atoms with van der Waals surface area (Å²) in [4.78, 5) is 65.1. The van der Waals surface area contributed by atoms with E-state index < -0.39 is 59.9 Å². The fourth-order valence-electron chi connectivity index (χ4n) is 5.75. The van der Waals surface area contributed by atoms with Crippen molar-refractivity contribution in [3.8, 4) is 0 Å². The molecule has 0 radical (unpaired) electrons. The highest BCUT2D eigenvalue weighted by Crippen LogP contribution is 2.30. The second kappa shape index (κ2) is 21.9. The molecule has 1 aliphatic carbocycles. The molecule has 0 unspecified atom stereocenters. The van der Waals surface area contributed by atoms with Crippen LogP contribution in [0, 0.1) is 11.8 Å². The van der Waals surface area contributed by atoms with Gasteiger partial charge in [0.1, 0.15) is 12.2 Å². The molecule has 0 saturated carbocycles. The molecular weight excluding hydrogens is 668 g/mol. The Morgan fingerprint density at radius 2 is 1.80 bits per heavy atom. The molecule has 0 aromatic heterocycles. The van der Waals surface area contributed by atoms with Crippen molar-refractivity contribution >= 4 is 41.9 Å². The summed E-state index contributed by atoms with van der Waals surface area (Å²) in [7, 11) is 2.94. The molecule has 14 heteroatoms. The summed E-state index contributed by atoms with van der Waals surface area (Å²) < 4.78 is 23.1. The maximum atomic E-state index is 13.8. The molecule has 2 rings (SSSR count). The number of carbonyl (C=O) groups excluding carboxylic acids is 5. The fraction of sp³-hybridized carbons (Fsp3) is 0.528. The van der Waals surface area contributed by atoms with Crippen LogP contribution in [0.5, 0.6) is 0 Å². The van der Waals surface area contributed by atoms with Gasteiger partial charge in [-0.25, -0.2) is 4.79 Å². The van der Waals surface area contributed by atoms with E-state index in [-0.39, 0.29) is 60.3 Å². The van der Waals surface area contributed by atoms with E-state index in [1.54, 1.807) is 32.1 Å². The smallest absolute Gasteiger partial charge is 0.405 e. The predicted octanol–water partition coefficient (Wildman–Crippen LogP) is 3.64. The Hall–Kier alpha value is -4.04. The van der Waals surface area contributed by atoms with Crippen LogP contribution in [0.15, 0.2) is 71.1 Å². The van der Waals surface area contributed by atoms with Crippen LogP contribution in [0.3, 0.4) is 0 Å². The molecule has 1 aliphatic heterocycles. The number of halogens is 1. The van der Waals surface area contributed by atoms with Gasteiger partial charge in [-0.1, -0.05) is 44.2 Å². The second-order valence-corrected chi connectivity index (χ2v) is 12.3. The summed E-state index contributed by atoms with van der Waals surface area (Å²) in [6, 6.07) is 0. The number of nitrogens with two attached hydrogens (primary N) is 2. The van der Waals surface area contributed by atoms with Crippen LogP contribution < -0.4 is 22.1 Å². The third kappa shape index (κ3) is 13.0. The largest absolute Gasteiger partial charge is 0.459 e. The lowest BCUT2D eigenvalue weighted by molar-refractivity contribution is -0.160. The van der Waals surface area contributed by atoms with Gasteiger partial charge >= 0.3 is 12.1 Å². The Balaban J connectivity index is 0.0000125. The molecule has 1 heterocycles. The van der Waals surface area contributed by atoms with Gasteiger partial charge in [-0.2, -0.15) is 0 Å². The average Bonchev–Trinajstić information content (AvgIpc) is 3.05. The standard InChI is InChI=1S/C36H52N4O9.ClH/c1-8-16-39-31-25-17-21(2)18-29(47-7)34(48-30(42)14-9-10-15-37)24(5)19-23(4)33(49-36(38)45)28(46-6)13-11-12-22(3)35(44)40-26(32(25)43)20-27(31)41;/h8,11-13,19-21,24,28-29,33-34,39H,1,9-10,14-18,37H2,2-7H3,(H2,38,45)(H,40,44);1H/b13-11-,22-12+,23-19+;/t21-,24+,28+,29+,33+,34-;/m1./s1. The Labute approximate surface area is 301 Å². The van der Waals surface area contributed by atoms with Crippen molar-refractivity contribution in [3.63, 3.8) is 0 Å². The van der Waals surface area contributed by atoms with Crippen molar-refractivity contribution in [2.45, 2.75) is 84.2 Å². The zero-order valence-electron chi connectivity index (χ0n) is 29.8. The molecule has 278 valence electrons. The van der Waals surface area contributed by atoms with Gasteiger partial charge in [-0.05, 0) is 57.6 Å². The third-order valence-electron chi connectivity index (χ3n) is 8.28. The number of carbonyl (C=O) groups is 5. The molecule has 0 aromatic rings. The van der Waals surface area contributed by atoms with Crippen LogP contribution in [-0.2, 0) is 38.1 Å². The summed E-state index contributed by atoms with van der Waals surface area (Å²) >= 11 is 0. The summed E-state index contributed by atoms with van der Waals surface area (Å²) in [5.41, 5.74) is 12.0. The number of hydrogen-bond donors (Lipinski definition) is 4. The van der Waals surface area contributed by atoms with Crippen LogP contribution in [0.4, 0.5) is 4.79 Å². The number of amides is 2. The zero-order chi connectivity index (χ0) is 36.7. The minimum absolute atomic E-state index is 0. The molecule has 2 amide bonds. The van der Waals surface area contributed by atoms with Crippen LogP contribution in [0.1, 0.15) is 59.8 Å². The van der Waals surface area contributed by atoms with Gasteiger partial charge in [-0.3, -0.25) is 19.2 Å². The van der Waals surface area contributed by atoms with Crippen LogP contribution in [0.25, 0.3) is 0 Å². The molecule has 6 N–H and O–H groups in total. The quantitative estimate of drug-likeness (QED) is 0.105. The van der Waals surface area contributed by atoms with Gasteiger partial charge in [-0.15, -0.1) is 19.0 Å². The number of hydrogen-bond acceptors (Lipinski definition) is 11. The van der Waals surface area contributed by atoms with E-state index in [1.807, 2.05) is 19.9 Å². The van der Waals surface area contributed by atoms with E-state index in [1.165, 1.54) is 20.3 Å². The van der Waals surface area contributed by atoms with Crippen LogP contribution >= 0.6 is 12.4 Å². The van der Waals surface area contributed by atoms with Crippen molar-refractivity contribution < 1.29 is 42.9 Å². The van der Waals surface area contributed by atoms with E-state index in [0.717, 1.165) is 6.08 Å². The van der Waals surface area contributed by atoms with Gasteiger partial charge < -0.3 is 41.0 Å². The molecule has 2 aliphatic rings. The molecule has 0 saturated heterocycles. The number of methoxy groups -OCH3 is 2. The minimum Gasteiger partial charge on any atom is -0.459 e. The van der Waals surface area contributed by atoms with Gasteiger partial charge in [0.05, 0.1) is 17.5 Å². The number of unbranched alkanes of at least 4 members (excludes halogenated alkanes) is 1. The monoisotopic (exact) mass is 720 g/mol. The highest BCUT2D eigenvalue weighted by atomic mass is 35.5. The molecule has 0 aromatic carbocycles. The number of allylic oxidation sites excluding steroid dienone is 4. The summed E-state index contributed by atoms with van der Waals surface area (Å²) in [5.74, 6) is -2.70. The molecule has 0 fully saturated rings. The third-order valence-corrected chi connectivity index (χ3v) is 8.28. The first-order valence-electron chi connectivity index (χ1n) is 16.4. The van der Waals surface area contributed by atoms with E-state index in [2.05, 4.69) is 17.2 Å². The van der Waals surface area contributed by atoms with Crippen LogP contribution in [-0.4, -0.2) is 81.3 Å². The lowest BCUT2D eigenvalue weighted by Gasteiger charge is -2.32. The number of primary amides is 1. The summed E-state index contributed by atoms with van der Waals surface area (Å²) in [6.45, 7) is 11.4. The second-order valence-electron chi connectivity index (χ2n) is 12.3. The van der Waals surface area contributed by atoms with Gasteiger partial charge in [0.2, 0.25) is 11.6 Å². The van der Waals surface area contributed by atoms with Crippen molar-refractivity contribution in [1.82, 2.24) is 10.6 Å². The molecule has 0 spiro atoms. The van der Waals surface area contributed by atoms with Gasteiger partial charge in [0.25, 0.3) is 5.91 Å². The Morgan fingerprint density at radius 1 is 1.10 bits per heavy atom. The van der Waals surface area contributed by atoms with Gasteiger partial charge in [0, 0.05) is 50.3 Å². The molecule has 50 heavy (non-hydrogen) atoms. The van der Waals surface area contributed by atoms with E-state index in [4.69, 9.17) is 30.4 Å². The summed E-state index contributed by atoms with van der Waals surface area (Å²) in [5, 5.41) is 5.56. The molecule has 6 atom stereocenters. The van der Waals surface area contributed by atoms with Gasteiger partial charge in [0.15, 0.2) is 6.10 Å². The Morgan fingerprint density at radius 3 is 2.40 bits per heavy atom. The highest BCUT2D eigenvalue weighted by Gasteiger charge is 2.35. The predicted molar refractivity (Wildman–Crippen MR) is 192 cm³/mol. The first kappa shape index (κ1) is 44.0. The SMILES string of the molecule is C=CCNC1=C2C[C@@H](C)C[C@H](OC)[C@H](OC(=O)CCCCN)[C@@H](C)/C=C(\C)[C@H](OC(N)=O)[C@@H](OC)/C=C\C=C(/C)C(=O)NC(=CC1=O)C2=O.Cl. The number of fused-ring (bicyclic) bond motifs is 2. The molecule has 2 bridgehead atoms. The lowest BCUT2D eigenvalue weighted by atomic mass is 9.85. The normalized spacial score (nSPS) is 28.1. The number of nitrogens with one attached hydrogen (secondary N) is 2. The number of rotatable bonds is 11. The first-order valence-corrected chi connectivity index (χ1v) is 16.4. The Bertz CT molecular complexity index is 1400. The highest BCUT2D eigenvalue weighted by molar-refractivity contribution is 6.23. The van der Waals surface area contributed by atoms with E-state index in [9.17, 15) is 24.0 Å². The summed E-state index contributed by atoms with van der Waals surface area (Å²) in [6.07, 6.45) is 6.71.